The lowest BCUT2D eigenvalue weighted by Crippen LogP contribution is -2.44. The van der Waals surface area contributed by atoms with E-state index in [1.54, 1.807) is 7.11 Å². The molecule has 0 radical (unpaired) electrons. The van der Waals surface area contributed by atoms with Gasteiger partial charge in [-0.15, -0.1) is 24.0 Å². The number of benzene rings is 1. The van der Waals surface area contributed by atoms with Crippen LogP contribution < -0.4 is 15.4 Å². The average molecular weight is 460 g/mol. The van der Waals surface area contributed by atoms with Gasteiger partial charge in [0.05, 0.1) is 13.2 Å². The molecule has 0 saturated carbocycles. The summed E-state index contributed by atoms with van der Waals surface area (Å²) in [5.74, 6) is 1.83. The van der Waals surface area contributed by atoms with E-state index in [0.29, 0.717) is 6.04 Å². The number of aliphatic imine (C=N–C) groups is 1. The average Bonchev–Trinajstić information content (AvgIpc) is 2.65. The van der Waals surface area contributed by atoms with E-state index in [1.807, 2.05) is 13.1 Å². The Kier molecular flexibility index (Phi) is 10.9. The minimum absolute atomic E-state index is 0. The van der Waals surface area contributed by atoms with Crippen LogP contribution in [0, 0.1) is 0 Å². The van der Waals surface area contributed by atoms with Crippen molar-refractivity contribution in [1.29, 1.82) is 0 Å². The van der Waals surface area contributed by atoms with Crippen LogP contribution in [0.3, 0.4) is 0 Å². The summed E-state index contributed by atoms with van der Waals surface area (Å²) in [5.41, 5.74) is 1.25. The molecule has 0 bridgehead atoms. The van der Waals surface area contributed by atoms with E-state index >= 15 is 0 Å². The number of ether oxygens (including phenoxy) is 1. The Labute approximate surface area is 169 Å². The molecular formula is C19H33IN4O. The maximum Gasteiger partial charge on any atom is 0.191 e. The van der Waals surface area contributed by atoms with E-state index in [-0.39, 0.29) is 24.0 Å². The first-order valence-electron chi connectivity index (χ1n) is 9.11. The summed E-state index contributed by atoms with van der Waals surface area (Å²) in [6, 6.07) is 8.66. The van der Waals surface area contributed by atoms with Gasteiger partial charge in [-0.25, -0.2) is 0 Å². The van der Waals surface area contributed by atoms with Gasteiger partial charge in [0.2, 0.25) is 0 Å². The summed E-state index contributed by atoms with van der Waals surface area (Å²) in [6.07, 6.45) is 4.97. The molecule has 1 atom stereocenters. The smallest absolute Gasteiger partial charge is 0.191 e. The quantitative estimate of drug-likeness (QED) is 0.372. The van der Waals surface area contributed by atoms with Crippen LogP contribution in [-0.4, -0.2) is 51.2 Å². The highest BCUT2D eigenvalue weighted by Gasteiger charge is 2.24. The van der Waals surface area contributed by atoms with Crippen molar-refractivity contribution >= 4 is 29.9 Å². The molecule has 1 saturated heterocycles. The molecule has 1 aromatic carbocycles. The van der Waals surface area contributed by atoms with Crippen molar-refractivity contribution < 1.29 is 4.74 Å². The fraction of sp³-hybridized carbons (Fsp3) is 0.632. The third-order valence-electron chi connectivity index (χ3n) is 4.56. The summed E-state index contributed by atoms with van der Waals surface area (Å²) in [7, 11) is 3.57. The normalized spacial score (nSPS) is 16.7. The molecule has 1 heterocycles. The van der Waals surface area contributed by atoms with Crippen molar-refractivity contribution in [2.45, 2.75) is 38.6 Å². The summed E-state index contributed by atoms with van der Waals surface area (Å²) in [5, 5.41) is 6.84. The van der Waals surface area contributed by atoms with Crippen molar-refractivity contribution in [1.82, 2.24) is 15.5 Å². The highest BCUT2D eigenvalue weighted by atomic mass is 127. The fourth-order valence-corrected chi connectivity index (χ4v) is 3.26. The van der Waals surface area contributed by atoms with Gasteiger partial charge < -0.3 is 15.4 Å². The maximum atomic E-state index is 5.61. The fourth-order valence-electron chi connectivity index (χ4n) is 3.26. The minimum atomic E-state index is 0. The third kappa shape index (κ3) is 6.66. The highest BCUT2D eigenvalue weighted by Crippen LogP contribution is 2.30. The number of guanidine groups is 1. The molecule has 2 rings (SSSR count). The molecule has 0 amide bonds. The molecule has 1 fully saturated rings. The van der Waals surface area contributed by atoms with Gasteiger partial charge in [-0.2, -0.15) is 0 Å². The van der Waals surface area contributed by atoms with E-state index in [0.717, 1.165) is 44.3 Å². The predicted octanol–water partition coefficient (Wildman–Crippen LogP) is 3.42. The number of halogens is 1. The SMILES string of the molecule is CCCNC(=NC)NCC(c1ccccc1OC)N1CCCCC1.I. The summed E-state index contributed by atoms with van der Waals surface area (Å²) in [4.78, 5) is 6.89. The molecular weight excluding hydrogens is 427 g/mol. The Hall–Kier alpha value is -1.02. The van der Waals surface area contributed by atoms with Gasteiger partial charge >= 0.3 is 0 Å². The number of likely N-dealkylation sites (tertiary alicyclic amines) is 1. The molecule has 2 N–H and O–H groups in total. The molecule has 0 aliphatic carbocycles. The second-order valence-electron chi connectivity index (χ2n) is 6.23. The minimum Gasteiger partial charge on any atom is -0.496 e. The van der Waals surface area contributed by atoms with Crippen molar-refractivity contribution in [2.75, 3.05) is 40.3 Å². The topological polar surface area (TPSA) is 48.9 Å². The first kappa shape index (κ1) is 22.0. The van der Waals surface area contributed by atoms with Crippen molar-refractivity contribution in [2.24, 2.45) is 4.99 Å². The first-order valence-corrected chi connectivity index (χ1v) is 9.11. The molecule has 0 spiro atoms. The van der Waals surface area contributed by atoms with E-state index in [9.17, 15) is 0 Å². The van der Waals surface area contributed by atoms with Crippen LogP contribution in [0.1, 0.15) is 44.2 Å². The van der Waals surface area contributed by atoms with Gasteiger partial charge in [0.15, 0.2) is 5.96 Å². The van der Waals surface area contributed by atoms with Crippen LogP contribution in [-0.2, 0) is 0 Å². The Morgan fingerprint density at radius 1 is 1.20 bits per heavy atom. The van der Waals surface area contributed by atoms with Crippen LogP contribution in [0.5, 0.6) is 5.75 Å². The Morgan fingerprint density at radius 3 is 2.56 bits per heavy atom. The number of methoxy groups -OCH3 is 1. The van der Waals surface area contributed by atoms with Crippen LogP contribution in [0.15, 0.2) is 29.3 Å². The lowest BCUT2D eigenvalue weighted by molar-refractivity contribution is 0.161. The second kappa shape index (κ2) is 12.4. The maximum absolute atomic E-state index is 5.61. The molecule has 1 aliphatic rings. The van der Waals surface area contributed by atoms with Gasteiger partial charge in [-0.3, -0.25) is 9.89 Å². The number of hydrogen-bond acceptors (Lipinski definition) is 3. The van der Waals surface area contributed by atoms with E-state index in [2.05, 4.69) is 45.6 Å². The number of rotatable bonds is 7. The molecule has 1 aromatic rings. The number of para-hydroxylation sites is 1. The van der Waals surface area contributed by atoms with Gasteiger partial charge in [0.25, 0.3) is 0 Å². The monoisotopic (exact) mass is 460 g/mol. The predicted molar refractivity (Wildman–Crippen MR) is 116 cm³/mol. The Morgan fingerprint density at radius 2 is 1.92 bits per heavy atom. The van der Waals surface area contributed by atoms with Crippen molar-refractivity contribution in [3.63, 3.8) is 0 Å². The zero-order valence-corrected chi connectivity index (χ0v) is 18.1. The van der Waals surface area contributed by atoms with Crippen LogP contribution >= 0.6 is 24.0 Å². The van der Waals surface area contributed by atoms with E-state index in [1.165, 1.54) is 24.8 Å². The highest BCUT2D eigenvalue weighted by molar-refractivity contribution is 14.0. The largest absolute Gasteiger partial charge is 0.496 e. The van der Waals surface area contributed by atoms with Gasteiger partial charge in [-0.1, -0.05) is 31.5 Å². The molecule has 5 nitrogen and oxygen atoms in total. The number of nitrogens with zero attached hydrogens (tertiary/aromatic N) is 2. The summed E-state index contributed by atoms with van der Waals surface area (Å²) < 4.78 is 5.61. The first-order chi connectivity index (χ1) is 11.8. The standard InChI is InChI=1S/C19H32N4O.HI/c1-4-12-21-19(20-2)22-15-17(23-13-8-5-9-14-23)16-10-6-7-11-18(16)24-3;/h6-7,10-11,17H,4-5,8-9,12-15H2,1-3H3,(H2,20,21,22);1H. The van der Waals surface area contributed by atoms with Crippen LogP contribution in [0.4, 0.5) is 0 Å². The third-order valence-corrected chi connectivity index (χ3v) is 4.56. The van der Waals surface area contributed by atoms with Crippen LogP contribution in [0.2, 0.25) is 0 Å². The molecule has 1 aliphatic heterocycles. The van der Waals surface area contributed by atoms with Crippen molar-refractivity contribution in [3.8, 4) is 5.75 Å². The molecule has 25 heavy (non-hydrogen) atoms. The lowest BCUT2D eigenvalue weighted by atomic mass is 10.0. The Balaban J connectivity index is 0.00000312. The molecule has 6 heteroatoms. The zero-order chi connectivity index (χ0) is 17.2. The lowest BCUT2D eigenvalue weighted by Gasteiger charge is -2.35. The number of hydrogen-bond donors (Lipinski definition) is 2. The second-order valence-corrected chi connectivity index (χ2v) is 6.23. The Bertz CT molecular complexity index is 518. The zero-order valence-electron chi connectivity index (χ0n) is 15.8. The van der Waals surface area contributed by atoms with E-state index in [4.69, 9.17) is 4.74 Å². The summed E-state index contributed by atoms with van der Waals surface area (Å²) >= 11 is 0. The summed E-state index contributed by atoms with van der Waals surface area (Å²) in [6.45, 7) is 6.20. The van der Waals surface area contributed by atoms with E-state index < -0.39 is 0 Å². The number of piperidine rings is 1. The van der Waals surface area contributed by atoms with Crippen LogP contribution in [0.25, 0.3) is 0 Å². The molecule has 0 aromatic heterocycles. The number of nitrogens with one attached hydrogen (secondary N) is 2. The molecule has 142 valence electrons. The van der Waals surface area contributed by atoms with Crippen molar-refractivity contribution in [3.05, 3.63) is 29.8 Å². The van der Waals surface area contributed by atoms with Gasteiger partial charge in [-0.05, 0) is 38.4 Å². The van der Waals surface area contributed by atoms with Gasteiger partial charge in [0.1, 0.15) is 5.75 Å². The molecule has 1 unspecified atom stereocenters. The van der Waals surface area contributed by atoms with Gasteiger partial charge in [0, 0.05) is 25.7 Å².